The molecule has 0 bridgehead atoms. The van der Waals surface area contributed by atoms with Crippen molar-refractivity contribution in [2.45, 2.75) is 12.7 Å². The number of benzene rings is 3. The Morgan fingerprint density at radius 3 is 2.63 bits per heavy atom. The van der Waals surface area contributed by atoms with Crippen LogP contribution in [0.5, 0.6) is 5.75 Å². The second kappa shape index (κ2) is 7.35. The third kappa shape index (κ3) is 3.33. The maximum atomic E-state index is 13.5. The number of nitrogens with zero attached hydrogens (tertiary/aromatic N) is 1. The van der Waals surface area contributed by atoms with Gasteiger partial charge in [-0.3, -0.25) is 0 Å². The molecule has 1 aliphatic heterocycles. The molecule has 1 N–H and O–H groups in total. The van der Waals surface area contributed by atoms with E-state index in [1.165, 1.54) is 0 Å². The van der Waals surface area contributed by atoms with Gasteiger partial charge in [0, 0.05) is 17.0 Å². The van der Waals surface area contributed by atoms with E-state index in [0.29, 0.717) is 29.0 Å². The molecule has 3 aromatic carbocycles. The lowest BCUT2D eigenvalue weighted by Crippen LogP contribution is -2.01. The number of ether oxygens (including phenoxy) is 1. The number of hydrogen-bond donors (Lipinski definition) is 1. The van der Waals surface area contributed by atoms with Crippen LogP contribution in [0, 0.1) is 11.6 Å². The van der Waals surface area contributed by atoms with Crippen molar-refractivity contribution in [3.8, 4) is 5.75 Å². The number of rotatable bonds is 2. The van der Waals surface area contributed by atoms with Crippen LogP contribution in [0.2, 0.25) is 0 Å². The van der Waals surface area contributed by atoms with Crippen molar-refractivity contribution < 1.29 is 18.6 Å². The summed E-state index contributed by atoms with van der Waals surface area (Å²) in [5, 5.41) is 11.4. The fourth-order valence-corrected chi connectivity index (χ4v) is 3.67. The average Bonchev–Trinajstić information content (AvgIpc) is 2.90. The molecule has 5 heteroatoms. The van der Waals surface area contributed by atoms with Gasteiger partial charge in [0.2, 0.25) is 0 Å². The summed E-state index contributed by atoms with van der Waals surface area (Å²) >= 11 is 0. The number of aliphatic hydroxyl groups is 1. The van der Waals surface area contributed by atoms with Crippen molar-refractivity contribution >= 4 is 23.1 Å². The van der Waals surface area contributed by atoms with E-state index < -0.39 is 17.7 Å². The summed E-state index contributed by atoms with van der Waals surface area (Å²) in [7, 11) is 0. The highest BCUT2D eigenvalue weighted by atomic mass is 19.2. The standard InChI is InChI=1S/C25H17F2NO2/c26-21-12-16-8-10-18(28-23(16)13-22(21)27)9-6-15-5-7-17-14-30-24-4-2-1-3-19(24)25(29)20(17)11-15/h1-13,25,29H,14H2. The summed E-state index contributed by atoms with van der Waals surface area (Å²) in [5.74, 6) is -1.12. The summed E-state index contributed by atoms with van der Waals surface area (Å²) in [5.41, 5.74) is 4.37. The van der Waals surface area contributed by atoms with Gasteiger partial charge in [-0.2, -0.15) is 0 Å². The molecule has 2 heterocycles. The molecule has 30 heavy (non-hydrogen) atoms. The SMILES string of the molecule is OC1c2cc(C=Cc3ccc4cc(F)c(F)cc4n3)ccc2COc2ccccc21. The van der Waals surface area contributed by atoms with E-state index in [1.807, 2.05) is 48.5 Å². The van der Waals surface area contributed by atoms with Crippen molar-refractivity contribution in [3.05, 3.63) is 106 Å². The zero-order chi connectivity index (χ0) is 20.7. The molecule has 5 rings (SSSR count). The predicted molar refractivity (Wildman–Crippen MR) is 112 cm³/mol. The van der Waals surface area contributed by atoms with E-state index >= 15 is 0 Å². The zero-order valence-electron chi connectivity index (χ0n) is 15.8. The molecule has 1 unspecified atom stereocenters. The number of aliphatic hydroxyl groups excluding tert-OH is 1. The number of hydrogen-bond acceptors (Lipinski definition) is 3. The summed E-state index contributed by atoms with van der Waals surface area (Å²) in [4.78, 5) is 4.38. The lowest BCUT2D eigenvalue weighted by Gasteiger charge is -2.13. The maximum absolute atomic E-state index is 13.5. The van der Waals surface area contributed by atoms with Gasteiger partial charge in [0.1, 0.15) is 18.5 Å². The highest BCUT2D eigenvalue weighted by Gasteiger charge is 2.22. The van der Waals surface area contributed by atoms with Crippen LogP contribution < -0.4 is 4.74 Å². The van der Waals surface area contributed by atoms with E-state index in [-0.39, 0.29) is 0 Å². The molecule has 0 radical (unpaired) electrons. The van der Waals surface area contributed by atoms with Crippen LogP contribution in [-0.4, -0.2) is 10.1 Å². The van der Waals surface area contributed by atoms with Gasteiger partial charge in [-0.15, -0.1) is 0 Å². The Labute approximate surface area is 171 Å². The molecule has 0 spiro atoms. The van der Waals surface area contributed by atoms with Gasteiger partial charge < -0.3 is 9.84 Å². The molecule has 148 valence electrons. The van der Waals surface area contributed by atoms with E-state index in [0.717, 1.165) is 34.4 Å². The first-order valence-corrected chi connectivity index (χ1v) is 9.55. The highest BCUT2D eigenvalue weighted by Crippen LogP contribution is 2.36. The molecule has 1 aromatic heterocycles. The molecule has 1 atom stereocenters. The van der Waals surface area contributed by atoms with E-state index in [9.17, 15) is 13.9 Å². The topological polar surface area (TPSA) is 42.4 Å². The van der Waals surface area contributed by atoms with Crippen molar-refractivity contribution in [1.29, 1.82) is 0 Å². The van der Waals surface area contributed by atoms with Gasteiger partial charge in [0.15, 0.2) is 11.6 Å². The number of para-hydroxylation sites is 1. The highest BCUT2D eigenvalue weighted by molar-refractivity contribution is 5.81. The fourth-order valence-electron chi connectivity index (χ4n) is 3.67. The minimum absolute atomic E-state index is 0.391. The summed E-state index contributed by atoms with van der Waals surface area (Å²) in [6.07, 6.45) is 2.90. The quantitative estimate of drug-likeness (QED) is 0.471. The summed E-state index contributed by atoms with van der Waals surface area (Å²) in [6, 6.07) is 19.0. The van der Waals surface area contributed by atoms with Crippen LogP contribution in [0.25, 0.3) is 23.1 Å². The van der Waals surface area contributed by atoms with E-state index in [1.54, 1.807) is 18.2 Å². The number of fused-ring (bicyclic) bond motifs is 3. The average molecular weight is 401 g/mol. The first-order valence-electron chi connectivity index (χ1n) is 9.55. The molecular weight excluding hydrogens is 384 g/mol. The van der Waals surface area contributed by atoms with Crippen molar-refractivity contribution in [2.24, 2.45) is 0 Å². The molecule has 4 aromatic rings. The van der Waals surface area contributed by atoms with Crippen LogP contribution in [0.1, 0.15) is 34.1 Å². The second-order valence-corrected chi connectivity index (χ2v) is 7.22. The number of halogens is 2. The van der Waals surface area contributed by atoms with Crippen molar-refractivity contribution in [2.75, 3.05) is 0 Å². The number of aromatic nitrogens is 1. The van der Waals surface area contributed by atoms with Gasteiger partial charge in [0.05, 0.1) is 11.2 Å². The Bertz CT molecular complexity index is 1300. The molecule has 0 saturated heterocycles. The number of pyridine rings is 1. The monoisotopic (exact) mass is 401 g/mol. The first kappa shape index (κ1) is 18.5. The molecule has 0 fully saturated rings. The van der Waals surface area contributed by atoms with Crippen molar-refractivity contribution in [1.82, 2.24) is 4.98 Å². The normalized spacial score (nSPS) is 15.5. The van der Waals surface area contributed by atoms with Crippen LogP contribution >= 0.6 is 0 Å². The smallest absolute Gasteiger partial charge is 0.161 e. The lowest BCUT2D eigenvalue weighted by atomic mass is 9.95. The summed E-state index contributed by atoms with van der Waals surface area (Å²) < 4.78 is 32.7. The second-order valence-electron chi connectivity index (χ2n) is 7.22. The summed E-state index contributed by atoms with van der Waals surface area (Å²) in [6.45, 7) is 0.391. The van der Waals surface area contributed by atoms with Crippen LogP contribution in [0.3, 0.4) is 0 Å². The van der Waals surface area contributed by atoms with Gasteiger partial charge in [-0.05, 0) is 47.0 Å². The maximum Gasteiger partial charge on any atom is 0.161 e. The molecule has 3 nitrogen and oxygen atoms in total. The first-order chi connectivity index (χ1) is 14.6. The molecule has 0 saturated carbocycles. The third-order valence-electron chi connectivity index (χ3n) is 5.26. The minimum Gasteiger partial charge on any atom is -0.488 e. The molecule has 0 amide bonds. The van der Waals surface area contributed by atoms with Crippen LogP contribution in [0.4, 0.5) is 8.78 Å². The molecule has 1 aliphatic rings. The van der Waals surface area contributed by atoms with Gasteiger partial charge in [-0.1, -0.05) is 42.5 Å². The van der Waals surface area contributed by atoms with Crippen LogP contribution in [0.15, 0.2) is 66.7 Å². The molecular formula is C25H17F2NO2. The lowest BCUT2D eigenvalue weighted by molar-refractivity contribution is 0.218. The Hall–Kier alpha value is -3.57. The molecule has 0 aliphatic carbocycles. The van der Waals surface area contributed by atoms with E-state index in [2.05, 4.69) is 4.98 Å². The van der Waals surface area contributed by atoms with Crippen LogP contribution in [-0.2, 0) is 6.61 Å². The largest absolute Gasteiger partial charge is 0.488 e. The van der Waals surface area contributed by atoms with Gasteiger partial charge in [-0.25, -0.2) is 13.8 Å². The third-order valence-corrected chi connectivity index (χ3v) is 5.26. The Balaban J connectivity index is 1.47. The zero-order valence-corrected chi connectivity index (χ0v) is 15.8. The van der Waals surface area contributed by atoms with Gasteiger partial charge in [0.25, 0.3) is 0 Å². The minimum atomic E-state index is -0.918. The van der Waals surface area contributed by atoms with Gasteiger partial charge >= 0.3 is 0 Å². The van der Waals surface area contributed by atoms with E-state index in [4.69, 9.17) is 4.74 Å². The Morgan fingerprint density at radius 2 is 1.73 bits per heavy atom. The van der Waals surface area contributed by atoms with Crippen molar-refractivity contribution in [3.63, 3.8) is 0 Å². The Kier molecular flexibility index (Phi) is 4.52. The Morgan fingerprint density at radius 1 is 0.900 bits per heavy atom. The fraction of sp³-hybridized carbons (Fsp3) is 0.0800. The predicted octanol–water partition coefficient (Wildman–Crippen LogP) is 5.66.